The molecule has 6 nitrogen and oxygen atoms in total. The van der Waals surface area contributed by atoms with Crippen LogP contribution >= 0.6 is 0 Å². The summed E-state index contributed by atoms with van der Waals surface area (Å²) in [6.07, 6.45) is 8.23. The van der Waals surface area contributed by atoms with Crippen LogP contribution in [-0.2, 0) is 19.1 Å². The number of rotatable bonds is 4. The van der Waals surface area contributed by atoms with E-state index in [0.29, 0.717) is 25.7 Å². The summed E-state index contributed by atoms with van der Waals surface area (Å²) in [5.74, 6) is 0.0492. The molecule has 4 aliphatic rings. The van der Waals surface area contributed by atoms with Crippen LogP contribution in [0.4, 0.5) is 0 Å². The van der Waals surface area contributed by atoms with Gasteiger partial charge in [-0.15, -0.1) is 0 Å². The molecule has 0 aromatic heterocycles. The number of ether oxygens (including phenoxy) is 1. The maximum absolute atomic E-state index is 12.6. The molecule has 164 valence electrons. The van der Waals surface area contributed by atoms with Gasteiger partial charge in [0, 0.05) is 11.8 Å². The van der Waals surface area contributed by atoms with Crippen molar-refractivity contribution in [1.82, 2.24) is 5.32 Å². The maximum Gasteiger partial charge on any atom is 0.354 e. The molecule has 0 aromatic rings. The zero-order chi connectivity index (χ0) is 21.7. The van der Waals surface area contributed by atoms with Gasteiger partial charge in [0.25, 0.3) is 0 Å². The highest BCUT2D eigenvalue weighted by Crippen LogP contribution is 2.68. The van der Waals surface area contributed by atoms with E-state index in [1.165, 1.54) is 0 Å². The Kier molecular flexibility index (Phi) is 5.20. The Morgan fingerprint density at radius 3 is 2.63 bits per heavy atom. The third kappa shape index (κ3) is 2.83. The number of carbonyl (C=O) groups excluding carboxylic acids is 3. The summed E-state index contributed by atoms with van der Waals surface area (Å²) in [7, 11) is 0. The van der Waals surface area contributed by atoms with Crippen LogP contribution in [0.15, 0.2) is 22.9 Å². The van der Waals surface area contributed by atoms with Gasteiger partial charge in [-0.25, -0.2) is 4.79 Å². The lowest BCUT2D eigenvalue weighted by Crippen LogP contribution is -2.62. The summed E-state index contributed by atoms with van der Waals surface area (Å²) < 4.78 is 5.21. The number of hydrogen-bond donors (Lipinski definition) is 2. The molecule has 4 aliphatic carbocycles. The molecule has 6 heteroatoms. The number of hydrogen-bond acceptors (Lipinski definition) is 5. The fourth-order valence-corrected chi connectivity index (χ4v) is 7.26. The highest BCUT2D eigenvalue weighted by Gasteiger charge is 2.65. The van der Waals surface area contributed by atoms with Gasteiger partial charge in [0.1, 0.15) is 5.70 Å². The van der Waals surface area contributed by atoms with Gasteiger partial charge >= 0.3 is 5.97 Å². The van der Waals surface area contributed by atoms with E-state index in [-0.39, 0.29) is 40.8 Å². The molecule has 0 bridgehead atoms. The smallest absolute Gasteiger partial charge is 0.354 e. The monoisotopic (exact) mass is 415 g/mol. The van der Waals surface area contributed by atoms with E-state index in [2.05, 4.69) is 19.2 Å². The van der Waals surface area contributed by atoms with Gasteiger partial charge < -0.3 is 15.2 Å². The number of amides is 1. The molecule has 30 heavy (non-hydrogen) atoms. The molecule has 0 unspecified atom stereocenters. The van der Waals surface area contributed by atoms with Crippen LogP contribution in [0.3, 0.4) is 0 Å². The zero-order valence-electron chi connectivity index (χ0n) is 18.3. The van der Waals surface area contributed by atoms with Gasteiger partial charge in [0.15, 0.2) is 5.78 Å². The molecule has 0 aliphatic heterocycles. The highest BCUT2D eigenvalue weighted by molar-refractivity contribution is 5.92. The Morgan fingerprint density at radius 1 is 1.20 bits per heavy atom. The fourth-order valence-electron chi connectivity index (χ4n) is 7.26. The minimum absolute atomic E-state index is 0.115. The summed E-state index contributed by atoms with van der Waals surface area (Å²) >= 11 is 0. The first-order valence-electron chi connectivity index (χ1n) is 11.3. The molecule has 0 saturated heterocycles. The average molecular weight is 416 g/mol. The number of aliphatic hydroxyl groups is 1. The van der Waals surface area contributed by atoms with Crippen molar-refractivity contribution < 1.29 is 24.2 Å². The zero-order valence-corrected chi connectivity index (χ0v) is 18.3. The number of esters is 1. The Hall–Kier alpha value is -1.95. The second kappa shape index (κ2) is 7.33. The van der Waals surface area contributed by atoms with Crippen molar-refractivity contribution in [2.24, 2.45) is 22.7 Å². The predicted octanol–water partition coefficient (Wildman–Crippen LogP) is 3.20. The second-order valence-electron chi connectivity index (χ2n) is 9.94. The van der Waals surface area contributed by atoms with Gasteiger partial charge in [-0.05, 0) is 80.8 Å². The quantitative estimate of drug-likeness (QED) is 0.418. The van der Waals surface area contributed by atoms with E-state index >= 15 is 0 Å². The summed E-state index contributed by atoms with van der Waals surface area (Å²) in [4.78, 5) is 35.8. The normalized spacial score (nSPS) is 41.7. The molecular weight excluding hydrogens is 382 g/mol. The molecule has 3 fully saturated rings. The topological polar surface area (TPSA) is 92.7 Å². The Morgan fingerprint density at radius 2 is 1.93 bits per heavy atom. The lowest BCUT2D eigenvalue weighted by Gasteiger charge is -2.62. The van der Waals surface area contributed by atoms with Crippen LogP contribution < -0.4 is 5.32 Å². The number of carbonyl (C=O) groups is 3. The van der Waals surface area contributed by atoms with Crippen molar-refractivity contribution in [1.29, 1.82) is 0 Å². The molecule has 0 aromatic carbocycles. The number of fused-ring (bicyclic) bond motifs is 5. The van der Waals surface area contributed by atoms with Gasteiger partial charge in [-0.3, -0.25) is 9.59 Å². The van der Waals surface area contributed by atoms with Crippen LogP contribution in [0.2, 0.25) is 0 Å². The van der Waals surface area contributed by atoms with Crippen LogP contribution in [0.1, 0.15) is 72.1 Å². The van der Waals surface area contributed by atoms with E-state index in [4.69, 9.17) is 4.74 Å². The first-order valence-corrected chi connectivity index (χ1v) is 11.3. The predicted molar refractivity (Wildman–Crippen MR) is 111 cm³/mol. The number of ketones is 1. The molecule has 0 radical (unpaired) electrons. The lowest BCUT2D eigenvalue weighted by molar-refractivity contribution is -0.183. The maximum atomic E-state index is 12.6. The summed E-state index contributed by atoms with van der Waals surface area (Å²) in [6.45, 7) is 6.34. The van der Waals surface area contributed by atoms with Crippen LogP contribution in [0, 0.1) is 22.7 Å². The second-order valence-corrected chi connectivity index (χ2v) is 9.94. The van der Waals surface area contributed by atoms with Crippen molar-refractivity contribution in [2.45, 2.75) is 77.7 Å². The Labute approximate surface area is 178 Å². The van der Waals surface area contributed by atoms with Gasteiger partial charge in [-0.1, -0.05) is 19.4 Å². The van der Waals surface area contributed by atoms with E-state index < -0.39 is 11.6 Å². The fraction of sp³-hybridized carbons (Fsp3) is 0.708. The molecule has 1 amide bonds. The van der Waals surface area contributed by atoms with Crippen molar-refractivity contribution in [3.05, 3.63) is 22.9 Å². The first-order chi connectivity index (χ1) is 14.2. The summed E-state index contributed by atoms with van der Waals surface area (Å²) in [5, 5.41) is 14.7. The molecular formula is C24H33NO5. The average Bonchev–Trinajstić information content (AvgIpc) is 3.04. The molecule has 3 saturated carbocycles. The van der Waals surface area contributed by atoms with Crippen molar-refractivity contribution in [2.75, 3.05) is 6.61 Å². The van der Waals surface area contributed by atoms with Gasteiger partial charge in [-0.2, -0.15) is 0 Å². The summed E-state index contributed by atoms with van der Waals surface area (Å²) in [5.41, 5.74) is 0.919. The largest absolute Gasteiger partial charge is 0.461 e. The third-order valence-electron chi connectivity index (χ3n) is 8.92. The summed E-state index contributed by atoms with van der Waals surface area (Å²) in [6, 6.07) is 0. The molecule has 0 spiro atoms. The van der Waals surface area contributed by atoms with E-state index in [1.54, 1.807) is 13.0 Å². The Balaban J connectivity index is 1.73. The third-order valence-corrected chi connectivity index (χ3v) is 8.92. The van der Waals surface area contributed by atoms with Gasteiger partial charge in [0.05, 0.1) is 12.2 Å². The van der Waals surface area contributed by atoms with E-state index in [1.807, 2.05) is 0 Å². The molecule has 2 N–H and O–H groups in total. The molecule has 5 atom stereocenters. The van der Waals surface area contributed by atoms with Crippen molar-refractivity contribution in [3.63, 3.8) is 0 Å². The molecule has 4 rings (SSSR count). The van der Waals surface area contributed by atoms with Crippen LogP contribution in [0.25, 0.3) is 0 Å². The van der Waals surface area contributed by atoms with Crippen molar-refractivity contribution in [3.8, 4) is 0 Å². The van der Waals surface area contributed by atoms with Crippen molar-refractivity contribution >= 4 is 18.2 Å². The Bertz CT molecular complexity index is 845. The number of allylic oxidation sites excluding steroid dienone is 1. The highest BCUT2D eigenvalue weighted by atomic mass is 16.5. The van der Waals surface area contributed by atoms with Gasteiger partial charge in [0.2, 0.25) is 6.41 Å². The van der Waals surface area contributed by atoms with Crippen LogP contribution in [0.5, 0.6) is 0 Å². The SMILES string of the molecule is CCOC(=O)/C(NC=O)=C1/CC[C@H]2[C@@H]3CCC4=CC(=O)CC[C@]4(C)[C@@]3(O)CC[C@]12C. The van der Waals surface area contributed by atoms with Crippen LogP contribution in [-0.4, -0.2) is 35.5 Å². The number of nitrogens with one attached hydrogen (secondary N) is 1. The minimum atomic E-state index is -0.834. The molecule has 0 heterocycles. The minimum Gasteiger partial charge on any atom is -0.461 e. The first kappa shape index (κ1) is 21.3. The van der Waals surface area contributed by atoms with E-state index in [0.717, 1.165) is 43.3 Å². The standard InChI is InChI=1S/C24H33NO5/c1-4-30-21(28)20(25-14-26)19-8-7-17-18-6-5-15-13-16(27)9-10-23(15,3)24(18,29)12-11-22(17,19)2/h13-14,17-18,29H,4-12H2,1-3H3,(H,25,26)/b20-19+/t17-,18-,22-,23-,24+/m0/s1. The lowest BCUT2D eigenvalue weighted by atomic mass is 9.45. The van der Waals surface area contributed by atoms with E-state index in [9.17, 15) is 19.5 Å².